The average molecular weight is 280 g/mol. The summed E-state index contributed by atoms with van der Waals surface area (Å²) in [6.45, 7) is 8.24. The molecule has 2 rings (SSSR count). The van der Waals surface area contributed by atoms with Gasteiger partial charge in [-0.25, -0.2) is 4.98 Å². The quantitative estimate of drug-likeness (QED) is 0.649. The van der Waals surface area contributed by atoms with Gasteiger partial charge in [0, 0.05) is 25.7 Å². The molecule has 0 aliphatic carbocycles. The zero-order valence-electron chi connectivity index (χ0n) is 11.8. The van der Waals surface area contributed by atoms with Crippen molar-refractivity contribution >= 4 is 11.5 Å². The zero-order chi connectivity index (χ0) is 14.5. The number of nitrogens with zero attached hydrogens (tertiary/aromatic N) is 3. The molecule has 0 saturated carbocycles. The molecule has 0 amide bonds. The second kappa shape index (κ2) is 6.62. The molecule has 0 bridgehead atoms. The van der Waals surface area contributed by atoms with Crippen molar-refractivity contribution in [3.63, 3.8) is 0 Å². The Labute approximate surface area is 118 Å². The normalized spacial score (nSPS) is 19.8. The number of likely N-dealkylation sites (N-methyl/N-ethyl adjacent to an activating group) is 1. The van der Waals surface area contributed by atoms with Crippen LogP contribution in [0.15, 0.2) is 12.3 Å². The summed E-state index contributed by atoms with van der Waals surface area (Å²) < 4.78 is 5.69. The number of ether oxygens (including phenoxy) is 1. The SMILES string of the molecule is CCN1CCOC(CNc2ncc([N+](=O)[O-])cc2C)C1. The Bertz CT molecular complexity index is 481. The van der Waals surface area contributed by atoms with E-state index in [9.17, 15) is 10.1 Å². The molecule has 0 radical (unpaired) electrons. The number of hydrogen-bond donors (Lipinski definition) is 1. The van der Waals surface area contributed by atoms with Gasteiger partial charge >= 0.3 is 0 Å². The van der Waals surface area contributed by atoms with Crippen LogP contribution in [-0.4, -0.2) is 53.7 Å². The van der Waals surface area contributed by atoms with Crippen molar-refractivity contribution in [1.82, 2.24) is 9.88 Å². The topological polar surface area (TPSA) is 80.5 Å². The zero-order valence-corrected chi connectivity index (χ0v) is 11.8. The van der Waals surface area contributed by atoms with Gasteiger partial charge in [-0.05, 0) is 19.0 Å². The van der Waals surface area contributed by atoms with Crippen LogP contribution in [0, 0.1) is 17.0 Å². The van der Waals surface area contributed by atoms with Crippen LogP contribution in [-0.2, 0) is 4.74 Å². The average Bonchev–Trinajstić information content (AvgIpc) is 2.46. The van der Waals surface area contributed by atoms with Gasteiger partial charge in [0.1, 0.15) is 12.0 Å². The van der Waals surface area contributed by atoms with Crippen LogP contribution in [0.2, 0.25) is 0 Å². The van der Waals surface area contributed by atoms with Crippen LogP contribution >= 0.6 is 0 Å². The number of nitrogens with one attached hydrogen (secondary N) is 1. The summed E-state index contributed by atoms with van der Waals surface area (Å²) in [7, 11) is 0. The van der Waals surface area contributed by atoms with Crippen molar-refractivity contribution in [3.05, 3.63) is 27.9 Å². The van der Waals surface area contributed by atoms with Crippen LogP contribution in [0.1, 0.15) is 12.5 Å². The molecule has 20 heavy (non-hydrogen) atoms. The minimum Gasteiger partial charge on any atom is -0.374 e. The maximum Gasteiger partial charge on any atom is 0.287 e. The van der Waals surface area contributed by atoms with E-state index in [1.165, 1.54) is 12.3 Å². The largest absolute Gasteiger partial charge is 0.374 e. The number of nitro groups is 1. The molecule has 1 fully saturated rings. The van der Waals surface area contributed by atoms with Crippen molar-refractivity contribution in [2.45, 2.75) is 20.0 Å². The fraction of sp³-hybridized carbons (Fsp3) is 0.615. The smallest absolute Gasteiger partial charge is 0.287 e. The fourth-order valence-corrected chi connectivity index (χ4v) is 2.25. The summed E-state index contributed by atoms with van der Waals surface area (Å²) in [4.78, 5) is 16.7. The van der Waals surface area contributed by atoms with Gasteiger partial charge in [-0.1, -0.05) is 6.92 Å². The van der Waals surface area contributed by atoms with E-state index in [1.807, 2.05) is 6.92 Å². The van der Waals surface area contributed by atoms with Gasteiger partial charge in [0.2, 0.25) is 0 Å². The lowest BCUT2D eigenvalue weighted by Gasteiger charge is -2.32. The molecule has 1 aromatic heterocycles. The highest BCUT2D eigenvalue weighted by Crippen LogP contribution is 2.18. The number of rotatable bonds is 5. The molecule has 7 heteroatoms. The third kappa shape index (κ3) is 3.64. The maximum absolute atomic E-state index is 10.7. The van der Waals surface area contributed by atoms with Crippen LogP contribution in [0.5, 0.6) is 0 Å². The Balaban J connectivity index is 1.92. The highest BCUT2D eigenvalue weighted by atomic mass is 16.6. The lowest BCUT2D eigenvalue weighted by atomic mass is 10.2. The van der Waals surface area contributed by atoms with Crippen molar-refractivity contribution in [3.8, 4) is 0 Å². The Morgan fingerprint density at radius 2 is 2.45 bits per heavy atom. The summed E-state index contributed by atoms with van der Waals surface area (Å²) in [6, 6.07) is 1.52. The Morgan fingerprint density at radius 3 is 3.10 bits per heavy atom. The molecule has 7 nitrogen and oxygen atoms in total. The van der Waals surface area contributed by atoms with Gasteiger partial charge in [-0.3, -0.25) is 15.0 Å². The standard InChI is InChI=1S/C13H20N4O3/c1-3-16-4-5-20-12(9-16)8-15-13-10(2)6-11(7-14-13)17(18)19/h6-7,12H,3-5,8-9H2,1-2H3,(H,14,15). The van der Waals surface area contributed by atoms with Gasteiger partial charge in [-0.15, -0.1) is 0 Å². The maximum atomic E-state index is 10.7. The lowest BCUT2D eigenvalue weighted by Crippen LogP contribution is -2.45. The lowest BCUT2D eigenvalue weighted by molar-refractivity contribution is -0.385. The van der Waals surface area contributed by atoms with E-state index in [1.54, 1.807) is 0 Å². The van der Waals surface area contributed by atoms with Gasteiger partial charge in [0.25, 0.3) is 5.69 Å². The first-order valence-electron chi connectivity index (χ1n) is 6.79. The highest BCUT2D eigenvalue weighted by molar-refractivity contribution is 5.48. The molecular weight excluding hydrogens is 260 g/mol. The van der Waals surface area contributed by atoms with E-state index in [-0.39, 0.29) is 11.8 Å². The molecule has 2 heterocycles. The van der Waals surface area contributed by atoms with Crippen molar-refractivity contribution in [2.24, 2.45) is 0 Å². The number of aromatic nitrogens is 1. The van der Waals surface area contributed by atoms with E-state index in [4.69, 9.17) is 4.74 Å². The molecule has 1 aliphatic rings. The van der Waals surface area contributed by atoms with Crippen molar-refractivity contribution in [1.29, 1.82) is 0 Å². The fourth-order valence-electron chi connectivity index (χ4n) is 2.25. The molecule has 1 unspecified atom stereocenters. The third-order valence-electron chi connectivity index (χ3n) is 3.44. The summed E-state index contributed by atoms with van der Waals surface area (Å²) in [6.07, 6.45) is 1.40. The van der Waals surface area contributed by atoms with E-state index in [0.29, 0.717) is 12.4 Å². The Hall–Kier alpha value is -1.73. The number of aryl methyl sites for hydroxylation is 1. The molecular formula is C13H20N4O3. The minimum absolute atomic E-state index is 0.0131. The second-order valence-electron chi connectivity index (χ2n) is 4.88. The number of morpholine rings is 1. The molecule has 1 aromatic rings. The summed E-state index contributed by atoms with van der Waals surface area (Å²) >= 11 is 0. The van der Waals surface area contributed by atoms with Crippen molar-refractivity contribution in [2.75, 3.05) is 38.1 Å². The van der Waals surface area contributed by atoms with Gasteiger partial charge in [-0.2, -0.15) is 0 Å². The monoisotopic (exact) mass is 280 g/mol. The first-order valence-corrected chi connectivity index (χ1v) is 6.79. The highest BCUT2D eigenvalue weighted by Gasteiger charge is 2.19. The van der Waals surface area contributed by atoms with E-state index in [2.05, 4.69) is 22.1 Å². The first-order chi connectivity index (χ1) is 9.60. The first kappa shape index (κ1) is 14.7. The molecule has 0 aromatic carbocycles. The summed E-state index contributed by atoms with van der Waals surface area (Å²) in [5.41, 5.74) is 0.779. The molecule has 0 spiro atoms. The second-order valence-corrected chi connectivity index (χ2v) is 4.88. The van der Waals surface area contributed by atoms with Crippen LogP contribution in [0.3, 0.4) is 0 Å². The Morgan fingerprint density at radius 1 is 1.65 bits per heavy atom. The Kier molecular flexibility index (Phi) is 4.86. The molecule has 1 N–H and O–H groups in total. The minimum atomic E-state index is -0.437. The van der Waals surface area contributed by atoms with Gasteiger partial charge in [0.05, 0.1) is 17.6 Å². The molecule has 1 saturated heterocycles. The molecule has 1 aliphatic heterocycles. The third-order valence-corrected chi connectivity index (χ3v) is 3.44. The molecule has 110 valence electrons. The van der Waals surface area contributed by atoms with E-state index < -0.39 is 4.92 Å². The molecule has 1 atom stereocenters. The van der Waals surface area contributed by atoms with Gasteiger partial charge < -0.3 is 10.1 Å². The van der Waals surface area contributed by atoms with Crippen LogP contribution in [0.25, 0.3) is 0 Å². The van der Waals surface area contributed by atoms with E-state index in [0.717, 1.165) is 31.8 Å². The number of pyridine rings is 1. The van der Waals surface area contributed by atoms with Crippen LogP contribution in [0.4, 0.5) is 11.5 Å². The summed E-state index contributed by atoms with van der Waals surface area (Å²) in [5.74, 6) is 0.674. The predicted octanol–water partition coefficient (Wildman–Crippen LogP) is 1.43. The van der Waals surface area contributed by atoms with Crippen molar-refractivity contribution < 1.29 is 9.66 Å². The summed E-state index contributed by atoms with van der Waals surface area (Å²) in [5, 5.41) is 13.9. The van der Waals surface area contributed by atoms with Gasteiger partial charge in [0.15, 0.2) is 0 Å². The van der Waals surface area contributed by atoms with E-state index >= 15 is 0 Å². The van der Waals surface area contributed by atoms with Crippen LogP contribution < -0.4 is 5.32 Å². The number of anilines is 1. The predicted molar refractivity (Wildman–Crippen MR) is 76.0 cm³/mol. The number of hydrogen-bond acceptors (Lipinski definition) is 6.